The van der Waals surface area contributed by atoms with Crippen LogP contribution in [-0.4, -0.2) is 41.0 Å². The number of carbonyl (C=O) groups is 2. The molecule has 6 nitrogen and oxygen atoms in total. The Balaban J connectivity index is 1.59. The number of carbonyl (C=O) groups excluding carboxylic acids is 2. The van der Waals surface area contributed by atoms with Gasteiger partial charge in [-0.2, -0.15) is 0 Å². The highest BCUT2D eigenvalue weighted by atomic mass is 33.1. The standard InChI is InChI=1S/C36H44N2O4S2/c1-3-24-11-13-29(39)21-30(40)14-12-26-20-33(42-2)32(41)19-27(26)17-25-18-31(35(37)38-22-25)34(44-43-23-24)36(15-7-8-16-36)28-9-5-4-6-10-28/h4-6,9-10,12,14,18-20,22,24,34-35,38,41H,3,7-8,11,13,15-17,21,23,37H2,1-2H3. The minimum Gasteiger partial charge on any atom is -0.504 e. The van der Waals surface area contributed by atoms with Crippen LogP contribution in [0.15, 0.2) is 72.0 Å². The number of allylic oxidation sites excluding steroid dienone is 3. The maximum Gasteiger partial charge on any atom is 0.163 e. The number of fused-ring (bicyclic) bond motifs is 2. The van der Waals surface area contributed by atoms with Crippen LogP contribution >= 0.6 is 21.6 Å². The molecule has 2 aromatic carbocycles. The van der Waals surface area contributed by atoms with Crippen molar-refractivity contribution in [2.75, 3.05) is 12.9 Å². The molecule has 8 heteroatoms. The van der Waals surface area contributed by atoms with Crippen molar-refractivity contribution in [2.45, 2.75) is 81.5 Å². The fourth-order valence-corrected chi connectivity index (χ4v) is 10.5. The first-order valence-corrected chi connectivity index (χ1v) is 18.1. The quantitative estimate of drug-likeness (QED) is 0.239. The SMILES string of the molecule is CCC1CCC(=O)CC(=O)C=Cc2cc(OC)c(O)cc2CC2=CNC(N)C(=C2)C(C2(c3ccccc3)CCCC2)SSC1. The lowest BCUT2D eigenvalue weighted by Crippen LogP contribution is -2.47. The number of aromatic hydroxyl groups is 1. The normalized spacial score (nSPS) is 24.8. The van der Waals surface area contributed by atoms with Gasteiger partial charge in [0.05, 0.1) is 19.7 Å². The molecular formula is C36H44N2O4S2. The number of hydrogen-bond acceptors (Lipinski definition) is 8. The first-order valence-electron chi connectivity index (χ1n) is 15.7. The van der Waals surface area contributed by atoms with Gasteiger partial charge in [0.15, 0.2) is 17.3 Å². The average molecular weight is 633 g/mol. The number of Topliss-reactive ketones (excluding diaryl/α,β-unsaturated/α-hetero) is 1. The van der Waals surface area contributed by atoms with Gasteiger partial charge in [0.25, 0.3) is 0 Å². The second-order valence-electron chi connectivity index (χ2n) is 12.2. The highest BCUT2D eigenvalue weighted by Gasteiger charge is 2.46. The van der Waals surface area contributed by atoms with Crippen LogP contribution in [-0.2, 0) is 21.4 Å². The van der Waals surface area contributed by atoms with Crippen LogP contribution in [0.25, 0.3) is 6.08 Å². The minimum absolute atomic E-state index is 0.0193. The van der Waals surface area contributed by atoms with E-state index < -0.39 is 0 Å². The topological polar surface area (TPSA) is 102 Å². The lowest BCUT2D eigenvalue weighted by molar-refractivity contribution is -0.124. The Hall–Kier alpha value is -2.94. The molecule has 2 aromatic rings. The number of nitrogens with one attached hydrogen (secondary N) is 1. The number of ether oxygens (including phenoxy) is 1. The maximum atomic E-state index is 12.8. The van der Waals surface area contributed by atoms with E-state index in [1.54, 1.807) is 18.2 Å². The van der Waals surface area contributed by atoms with Crippen molar-refractivity contribution in [1.82, 2.24) is 5.32 Å². The summed E-state index contributed by atoms with van der Waals surface area (Å²) in [6, 6.07) is 14.4. The predicted octanol–water partition coefficient (Wildman–Crippen LogP) is 7.27. The monoisotopic (exact) mass is 632 g/mol. The number of hydrogen-bond donors (Lipinski definition) is 3. The second-order valence-corrected chi connectivity index (χ2v) is 14.7. The Bertz CT molecular complexity index is 1430. The molecule has 0 spiro atoms. The van der Waals surface area contributed by atoms with Gasteiger partial charge in [0, 0.05) is 29.0 Å². The van der Waals surface area contributed by atoms with Crippen LogP contribution in [0.2, 0.25) is 0 Å². The summed E-state index contributed by atoms with van der Waals surface area (Å²) in [7, 11) is 5.34. The number of dihydropyridines is 1. The molecule has 3 aliphatic rings. The number of benzene rings is 2. The Labute approximate surface area is 269 Å². The maximum absolute atomic E-state index is 12.8. The van der Waals surface area contributed by atoms with Crippen molar-refractivity contribution in [3.63, 3.8) is 0 Å². The van der Waals surface area contributed by atoms with E-state index in [1.807, 2.05) is 27.8 Å². The van der Waals surface area contributed by atoms with Crippen molar-refractivity contribution in [3.05, 3.63) is 88.7 Å². The summed E-state index contributed by atoms with van der Waals surface area (Å²) in [5.41, 5.74) is 12.0. The van der Waals surface area contributed by atoms with Crippen molar-refractivity contribution < 1.29 is 19.4 Å². The van der Waals surface area contributed by atoms with Gasteiger partial charge in [-0.3, -0.25) is 9.59 Å². The Morgan fingerprint density at radius 2 is 1.86 bits per heavy atom. The van der Waals surface area contributed by atoms with E-state index in [-0.39, 0.29) is 40.6 Å². The van der Waals surface area contributed by atoms with Gasteiger partial charge >= 0.3 is 0 Å². The van der Waals surface area contributed by atoms with Gasteiger partial charge in [0.1, 0.15) is 5.78 Å². The molecule has 1 saturated carbocycles. The Morgan fingerprint density at radius 1 is 1.09 bits per heavy atom. The van der Waals surface area contributed by atoms with Crippen molar-refractivity contribution in [1.29, 1.82) is 0 Å². The summed E-state index contributed by atoms with van der Waals surface area (Å²) in [5.74, 6) is 1.47. The van der Waals surface area contributed by atoms with E-state index in [2.05, 4.69) is 48.6 Å². The number of rotatable bonds is 4. The summed E-state index contributed by atoms with van der Waals surface area (Å²) in [5, 5.41) is 14.3. The molecule has 2 bridgehead atoms. The summed E-state index contributed by atoms with van der Waals surface area (Å²) in [6.45, 7) is 2.18. The summed E-state index contributed by atoms with van der Waals surface area (Å²) >= 11 is 0. The number of ketones is 2. The molecule has 5 rings (SSSR count). The third-order valence-electron chi connectivity index (χ3n) is 9.34. The molecule has 0 saturated heterocycles. The van der Waals surface area contributed by atoms with Crippen LogP contribution in [0.4, 0.5) is 0 Å². The molecule has 0 aromatic heterocycles. The van der Waals surface area contributed by atoms with Crippen molar-refractivity contribution in [3.8, 4) is 11.5 Å². The first-order chi connectivity index (χ1) is 21.3. The fraction of sp³-hybridized carbons (Fsp3) is 0.444. The molecule has 0 radical (unpaired) electrons. The van der Waals surface area contributed by atoms with E-state index in [0.717, 1.165) is 48.1 Å². The molecule has 234 valence electrons. The molecule has 2 heterocycles. The van der Waals surface area contributed by atoms with E-state index in [1.165, 1.54) is 37.2 Å². The molecule has 3 atom stereocenters. The van der Waals surface area contributed by atoms with Gasteiger partial charge < -0.3 is 20.9 Å². The third-order valence-corrected chi connectivity index (χ3v) is 12.4. The molecule has 0 amide bonds. The lowest BCUT2D eigenvalue weighted by atomic mass is 9.72. The summed E-state index contributed by atoms with van der Waals surface area (Å²) in [6.07, 6.45) is 14.3. The molecule has 2 aliphatic heterocycles. The Kier molecular flexibility index (Phi) is 11.0. The van der Waals surface area contributed by atoms with Crippen LogP contribution < -0.4 is 15.8 Å². The van der Waals surface area contributed by atoms with Gasteiger partial charge in [-0.25, -0.2) is 0 Å². The summed E-state index contributed by atoms with van der Waals surface area (Å²) < 4.78 is 5.38. The highest BCUT2D eigenvalue weighted by Crippen LogP contribution is 2.54. The zero-order valence-electron chi connectivity index (χ0n) is 25.7. The van der Waals surface area contributed by atoms with E-state index in [0.29, 0.717) is 24.5 Å². The molecular weight excluding hydrogens is 589 g/mol. The van der Waals surface area contributed by atoms with Gasteiger partial charge in [0.2, 0.25) is 0 Å². The lowest BCUT2D eigenvalue weighted by Gasteiger charge is -2.41. The fourth-order valence-electron chi connectivity index (χ4n) is 6.74. The largest absolute Gasteiger partial charge is 0.504 e. The van der Waals surface area contributed by atoms with Gasteiger partial charge in [-0.05, 0) is 77.6 Å². The van der Waals surface area contributed by atoms with Crippen LogP contribution in [0.5, 0.6) is 11.5 Å². The van der Waals surface area contributed by atoms with Crippen LogP contribution in [0.1, 0.15) is 75.0 Å². The molecule has 1 fully saturated rings. The molecule has 4 N–H and O–H groups in total. The number of phenolic OH excluding ortho intramolecular Hbond substituents is 1. The van der Waals surface area contributed by atoms with Crippen molar-refractivity contribution in [2.24, 2.45) is 11.7 Å². The van der Waals surface area contributed by atoms with Crippen LogP contribution in [0.3, 0.4) is 0 Å². The average Bonchev–Trinajstić information content (AvgIpc) is 3.52. The van der Waals surface area contributed by atoms with Gasteiger partial charge in [-0.1, -0.05) is 90.3 Å². The number of nitrogens with two attached hydrogens (primary N) is 1. The van der Waals surface area contributed by atoms with Crippen LogP contribution in [0, 0.1) is 5.92 Å². The first kappa shape index (κ1) is 32.5. The zero-order valence-corrected chi connectivity index (χ0v) is 27.4. The highest BCUT2D eigenvalue weighted by molar-refractivity contribution is 8.77. The number of phenols is 1. The second kappa shape index (κ2) is 14.9. The molecule has 44 heavy (non-hydrogen) atoms. The van der Waals surface area contributed by atoms with Crippen molar-refractivity contribution >= 4 is 39.2 Å². The molecule has 3 unspecified atom stereocenters. The predicted molar refractivity (Wildman–Crippen MR) is 183 cm³/mol. The smallest absolute Gasteiger partial charge is 0.163 e. The Morgan fingerprint density at radius 3 is 2.59 bits per heavy atom. The summed E-state index contributed by atoms with van der Waals surface area (Å²) in [4.78, 5) is 25.5. The number of methoxy groups -OCH3 is 1. The minimum atomic E-state index is -0.315. The molecule has 1 aliphatic carbocycles. The van der Waals surface area contributed by atoms with E-state index in [4.69, 9.17) is 10.5 Å². The third kappa shape index (κ3) is 7.47. The zero-order chi connectivity index (χ0) is 31.1. The van der Waals surface area contributed by atoms with E-state index >= 15 is 0 Å². The van der Waals surface area contributed by atoms with E-state index in [9.17, 15) is 14.7 Å². The van der Waals surface area contributed by atoms with Gasteiger partial charge in [-0.15, -0.1) is 0 Å².